The molecule has 1 unspecified atom stereocenters. The number of nitriles is 1. The number of allylic oxidation sites excluding steroid dienone is 1. The van der Waals surface area contributed by atoms with Crippen LogP contribution in [0, 0.1) is 11.3 Å². The molecule has 2 heterocycles. The lowest BCUT2D eigenvalue weighted by Gasteiger charge is -2.25. The van der Waals surface area contributed by atoms with Gasteiger partial charge >= 0.3 is 5.97 Å². The third kappa shape index (κ3) is 3.12. The first-order valence-electron chi connectivity index (χ1n) is 7.89. The molecule has 1 aromatic carbocycles. The van der Waals surface area contributed by atoms with Crippen LogP contribution in [0.3, 0.4) is 0 Å². The first-order valence-corrected chi connectivity index (χ1v) is 9.02. The third-order valence-corrected chi connectivity index (χ3v) is 5.41. The van der Waals surface area contributed by atoms with E-state index >= 15 is 0 Å². The summed E-state index contributed by atoms with van der Waals surface area (Å²) in [7, 11) is 1.63. The van der Waals surface area contributed by atoms with E-state index < -0.39 is 11.9 Å². The number of nitrogens with two attached hydrogens (primary N) is 1. The molecule has 0 spiro atoms. The number of ether oxygens (including phenoxy) is 2. The number of rotatable bonds is 3. The lowest BCUT2D eigenvalue weighted by atomic mass is 9.83. The van der Waals surface area contributed by atoms with Crippen molar-refractivity contribution in [2.45, 2.75) is 12.8 Å². The molecule has 140 valence electrons. The molecular weight excluding hydrogens is 413 g/mol. The first-order chi connectivity index (χ1) is 12.8. The maximum atomic E-state index is 12.6. The van der Waals surface area contributed by atoms with E-state index in [2.05, 4.69) is 6.07 Å². The topological polar surface area (TPSA) is 90.3 Å². The van der Waals surface area contributed by atoms with E-state index in [1.807, 2.05) is 0 Å². The van der Waals surface area contributed by atoms with Crippen LogP contribution in [0.5, 0.6) is 5.88 Å². The third-order valence-electron chi connectivity index (χ3n) is 4.23. The number of hydrogen-bond donors (Lipinski definition) is 1. The molecule has 0 aliphatic carbocycles. The summed E-state index contributed by atoms with van der Waals surface area (Å²) < 4.78 is 12.2. The van der Waals surface area contributed by atoms with Crippen LogP contribution in [0.15, 0.2) is 29.7 Å². The van der Waals surface area contributed by atoms with E-state index in [1.54, 1.807) is 32.2 Å². The summed E-state index contributed by atoms with van der Waals surface area (Å²) in [6.45, 7) is 1.85. The lowest BCUT2D eigenvalue weighted by Crippen LogP contribution is -2.23. The summed E-state index contributed by atoms with van der Waals surface area (Å²) in [4.78, 5) is 12.6. The van der Waals surface area contributed by atoms with Crippen molar-refractivity contribution in [3.05, 3.63) is 61.5 Å². The van der Waals surface area contributed by atoms with Crippen molar-refractivity contribution in [2.75, 3.05) is 6.61 Å². The summed E-state index contributed by atoms with van der Waals surface area (Å²) in [6.07, 6.45) is 0. The number of benzene rings is 1. The zero-order valence-corrected chi connectivity index (χ0v) is 16.6. The highest BCUT2D eigenvalue weighted by molar-refractivity contribution is 6.42. The van der Waals surface area contributed by atoms with Gasteiger partial charge in [-0.1, -0.05) is 40.9 Å². The molecule has 9 heteroatoms. The predicted octanol–water partition coefficient (Wildman–Crippen LogP) is 4.38. The standard InChI is InChI=1S/C18H14Cl3N3O3/c1-3-26-18(25)14-13-12(8-4-5-10(19)11(20)6-8)9(7-22)16(23)27-17(13)24(2)15(14)21/h4-6,12H,3,23H2,1-2H3. The highest BCUT2D eigenvalue weighted by atomic mass is 35.5. The monoisotopic (exact) mass is 425 g/mol. The van der Waals surface area contributed by atoms with Crippen molar-refractivity contribution in [3.63, 3.8) is 0 Å². The molecule has 1 atom stereocenters. The summed E-state index contributed by atoms with van der Waals surface area (Å²) in [6, 6.07) is 6.98. The Morgan fingerprint density at radius 3 is 2.67 bits per heavy atom. The van der Waals surface area contributed by atoms with Gasteiger partial charge in [0.15, 0.2) is 0 Å². The van der Waals surface area contributed by atoms with Crippen molar-refractivity contribution >= 4 is 40.8 Å². The molecule has 0 bridgehead atoms. The number of carbonyl (C=O) groups excluding carboxylic acids is 1. The number of aromatic nitrogens is 1. The van der Waals surface area contributed by atoms with Crippen molar-refractivity contribution in [3.8, 4) is 11.9 Å². The maximum absolute atomic E-state index is 12.6. The molecule has 0 amide bonds. The fraction of sp³-hybridized carbons (Fsp3) is 0.222. The smallest absolute Gasteiger partial charge is 0.341 e. The van der Waals surface area contributed by atoms with Crippen LogP contribution in [-0.4, -0.2) is 17.1 Å². The molecule has 1 aliphatic heterocycles. The zero-order valence-electron chi connectivity index (χ0n) is 14.3. The normalized spacial score (nSPS) is 15.8. The van der Waals surface area contributed by atoms with Crippen LogP contribution in [-0.2, 0) is 11.8 Å². The minimum atomic E-state index is -0.716. The minimum Gasteiger partial charge on any atom is -0.462 e. The van der Waals surface area contributed by atoms with Gasteiger partial charge in [0.05, 0.1) is 22.6 Å². The molecule has 0 saturated carbocycles. The van der Waals surface area contributed by atoms with Gasteiger partial charge < -0.3 is 19.8 Å². The number of hydrogen-bond acceptors (Lipinski definition) is 5. The first kappa shape index (κ1) is 19.4. The van der Waals surface area contributed by atoms with Gasteiger partial charge in [-0.3, -0.25) is 0 Å². The van der Waals surface area contributed by atoms with Gasteiger partial charge in [0.25, 0.3) is 0 Å². The van der Waals surface area contributed by atoms with Crippen LogP contribution in [0.2, 0.25) is 15.2 Å². The van der Waals surface area contributed by atoms with Crippen molar-refractivity contribution < 1.29 is 14.3 Å². The number of nitrogens with zero attached hydrogens (tertiary/aromatic N) is 2. The van der Waals surface area contributed by atoms with Crippen LogP contribution in [0.25, 0.3) is 0 Å². The van der Waals surface area contributed by atoms with Crippen LogP contribution in [0.4, 0.5) is 0 Å². The Morgan fingerprint density at radius 1 is 1.37 bits per heavy atom. The summed E-state index contributed by atoms with van der Waals surface area (Å²) in [5.74, 6) is -1.15. The van der Waals surface area contributed by atoms with Gasteiger partial charge in [0.1, 0.15) is 22.4 Å². The van der Waals surface area contributed by atoms with E-state index in [1.165, 1.54) is 4.57 Å². The molecule has 1 aliphatic rings. The summed E-state index contributed by atoms with van der Waals surface area (Å²) in [5.41, 5.74) is 7.22. The summed E-state index contributed by atoms with van der Waals surface area (Å²) in [5, 5.41) is 10.5. The van der Waals surface area contributed by atoms with E-state index in [9.17, 15) is 10.1 Å². The molecule has 2 aromatic rings. The van der Waals surface area contributed by atoms with E-state index in [4.69, 9.17) is 50.0 Å². The molecule has 6 nitrogen and oxygen atoms in total. The fourth-order valence-corrected chi connectivity index (χ4v) is 3.60. The highest BCUT2D eigenvalue weighted by Gasteiger charge is 2.39. The van der Waals surface area contributed by atoms with Crippen LogP contribution in [0.1, 0.15) is 34.3 Å². The van der Waals surface area contributed by atoms with E-state index in [-0.39, 0.29) is 34.7 Å². The summed E-state index contributed by atoms with van der Waals surface area (Å²) >= 11 is 18.5. The van der Waals surface area contributed by atoms with Crippen LogP contribution >= 0.6 is 34.8 Å². The zero-order chi connectivity index (χ0) is 19.9. The number of esters is 1. The molecule has 3 rings (SSSR count). The molecule has 27 heavy (non-hydrogen) atoms. The molecule has 0 saturated heterocycles. The second-order valence-electron chi connectivity index (χ2n) is 5.76. The fourth-order valence-electron chi connectivity index (χ4n) is 3.03. The Balaban J connectivity index is 2.33. The predicted molar refractivity (Wildman–Crippen MR) is 102 cm³/mol. The maximum Gasteiger partial charge on any atom is 0.341 e. The molecule has 0 radical (unpaired) electrons. The van der Waals surface area contributed by atoms with E-state index in [0.29, 0.717) is 21.2 Å². The highest BCUT2D eigenvalue weighted by Crippen LogP contribution is 2.48. The largest absolute Gasteiger partial charge is 0.462 e. The second-order valence-corrected chi connectivity index (χ2v) is 6.93. The molecule has 2 N–H and O–H groups in total. The Morgan fingerprint density at radius 2 is 2.07 bits per heavy atom. The van der Waals surface area contributed by atoms with Crippen molar-refractivity contribution in [1.82, 2.24) is 4.57 Å². The molecule has 1 aromatic heterocycles. The molecule has 0 fully saturated rings. The SMILES string of the molecule is CCOC(=O)c1c2c(n(C)c1Cl)OC(N)=C(C#N)C2c1ccc(Cl)c(Cl)c1. The average Bonchev–Trinajstić information content (AvgIpc) is 2.87. The van der Waals surface area contributed by atoms with Gasteiger partial charge in [-0.15, -0.1) is 0 Å². The lowest BCUT2D eigenvalue weighted by molar-refractivity contribution is 0.0525. The van der Waals surface area contributed by atoms with Gasteiger partial charge in [0, 0.05) is 12.6 Å². The Labute approximate surface area is 170 Å². The quantitative estimate of drug-likeness (QED) is 0.736. The van der Waals surface area contributed by atoms with E-state index in [0.717, 1.165) is 0 Å². The number of fused-ring (bicyclic) bond motifs is 1. The minimum absolute atomic E-state index is 0.0752. The van der Waals surface area contributed by atoms with Gasteiger partial charge in [-0.25, -0.2) is 4.79 Å². The van der Waals surface area contributed by atoms with Gasteiger partial charge in [0.2, 0.25) is 11.8 Å². The second kappa shape index (κ2) is 7.35. The molecular formula is C18H14Cl3N3O3. The van der Waals surface area contributed by atoms with Crippen molar-refractivity contribution in [2.24, 2.45) is 12.8 Å². The number of carbonyl (C=O) groups is 1. The average molecular weight is 427 g/mol. The Kier molecular flexibility index (Phi) is 5.29. The van der Waals surface area contributed by atoms with Gasteiger partial charge in [-0.05, 0) is 24.6 Å². The van der Waals surface area contributed by atoms with Crippen molar-refractivity contribution in [1.29, 1.82) is 5.26 Å². The Hall–Kier alpha value is -2.33. The van der Waals surface area contributed by atoms with Gasteiger partial charge in [-0.2, -0.15) is 5.26 Å². The number of halogens is 3. The van der Waals surface area contributed by atoms with Crippen LogP contribution < -0.4 is 10.5 Å². The Bertz CT molecular complexity index is 1020.